The van der Waals surface area contributed by atoms with Crippen LogP contribution in [0.15, 0.2) is 0 Å². The smallest absolute Gasteiger partial charge is 0.155 e. The van der Waals surface area contributed by atoms with Crippen LogP contribution in [0.2, 0.25) is 0 Å². The third-order valence-electron chi connectivity index (χ3n) is 4.54. The highest BCUT2D eigenvalue weighted by Gasteiger charge is 2.41. The number of carbonyl (C=O) groups is 1. The molecule has 1 aliphatic heterocycles. The van der Waals surface area contributed by atoms with Gasteiger partial charge >= 0.3 is 0 Å². The van der Waals surface area contributed by atoms with Gasteiger partial charge in [-0.2, -0.15) is 0 Å². The van der Waals surface area contributed by atoms with Crippen LogP contribution in [0.25, 0.3) is 0 Å². The second-order valence-electron chi connectivity index (χ2n) is 5.52. The van der Waals surface area contributed by atoms with Crippen molar-refractivity contribution in [3.8, 4) is 0 Å². The molecule has 0 radical (unpaired) electrons. The largest absolute Gasteiger partial charge is 0.305 e. The van der Waals surface area contributed by atoms with Gasteiger partial charge in [-0.05, 0) is 38.6 Å². The SMILES string of the molecule is CCC1(C(=O)C2CCCCCC2)CCCN1. The first-order valence-corrected chi connectivity index (χ1v) is 7.08. The Morgan fingerprint density at radius 1 is 1.19 bits per heavy atom. The molecular formula is C14H25NO. The molecule has 1 aliphatic carbocycles. The third-order valence-corrected chi connectivity index (χ3v) is 4.54. The van der Waals surface area contributed by atoms with E-state index in [1.807, 2.05) is 0 Å². The number of carbonyl (C=O) groups excluding carboxylic acids is 1. The molecule has 2 fully saturated rings. The summed E-state index contributed by atoms with van der Waals surface area (Å²) in [4.78, 5) is 12.6. The van der Waals surface area contributed by atoms with Crippen LogP contribution in [0.5, 0.6) is 0 Å². The maximum absolute atomic E-state index is 12.6. The molecule has 1 saturated heterocycles. The van der Waals surface area contributed by atoms with Crippen molar-refractivity contribution in [3.05, 3.63) is 0 Å². The van der Waals surface area contributed by atoms with E-state index in [9.17, 15) is 4.79 Å². The van der Waals surface area contributed by atoms with Crippen molar-refractivity contribution >= 4 is 5.78 Å². The molecule has 0 spiro atoms. The van der Waals surface area contributed by atoms with Crippen molar-refractivity contribution in [1.82, 2.24) is 5.32 Å². The summed E-state index contributed by atoms with van der Waals surface area (Å²) in [6.45, 7) is 3.19. The second-order valence-corrected chi connectivity index (χ2v) is 5.52. The molecule has 0 aromatic carbocycles. The molecule has 0 aromatic heterocycles. The predicted octanol–water partition coefficient (Wildman–Crippen LogP) is 3.06. The summed E-state index contributed by atoms with van der Waals surface area (Å²) in [6, 6.07) is 0. The van der Waals surface area contributed by atoms with Gasteiger partial charge in [-0.3, -0.25) is 4.79 Å². The number of ketones is 1. The monoisotopic (exact) mass is 223 g/mol. The topological polar surface area (TPSA) is 29.1 Å². The molecule has 2 heteroatoms. The van der Waals surface area contributed by atoms with E-state index in [1.54, 1.807) is 0 Å². The lowest BCUT2D eigenvalue weighted by molar-refractivity contribution is -0.129. The Balaban J connectivity index is 2.03. The molecular weight excluding hydrogens is 198 g/mol. The van der Waals surface area contributed by atoms with Crippen molar-refractivity contribution < 1.29 is 4.79 Å². The highest BCUT2D eigenvalue weighted by Crippen LogP contribution is 2.32. The second kappa shape index (κ2) is 5.31. The highest BCUT2D eigenvalue weighted by molar-refractivity contribution is 5.90. The van der Waals surface area contributed by atoms with Crippen molar-refractivity contribution in [1.29, 1.82) is 0 Å². The molecule has 2 nitrogen and oxygen atoms in total. The first-order valence-electron chi connectivity index (χ1n) is 7.08. The maximum Gasteiger partial charge on any atom is 0.155 e. The lowest BCUT2D eigenvalue weighted by Gasteiger charge is -2.30. The van der Waals surface area contributed by atoms with Crippen molar-refractivity contribution in [2.75, 3.05) is 6.54 Å². The molecule has 0 amide bonds. The summed E-state index contributed by atoms with van der Waals surface area (Å²) in [5.74, 6) is 0.891. The van der Waals surface area contributed by atoms with E-state index in [-0.39, 0.29) is 5.54 Å². The quantitative estimate of drug-likeness (QED) is 0.745. The highest BCUT2D eigenvalue weighted by atomic mass is 16.1. The van der Waals surface area contributed by atoms with E-state index in [4.69, 9.17) is 0 Å². The Morgan fingerprint density at radius 3 is 2.38 bits per heavy atom. The van der Waals surface area contributed by atoms with Gasteiger partial charge in [0.15, 0.2) is 5.78 Å². The first-order chi connectivity index (χ1) is 7.78. The van der Waals surface area contributed by atoms with Gasteiger partial charge < -0.3 is 5.32 Å². The van der Waals surface area contributed by atoms with Crippen LogP contribution in [0, 0.1) is 5.92 Å². The van der Waals surface area contributed by atoms with E-state index >= 15 is 0 Å². The molecule has 1 unspecified atom stereocenters. The summed E-state index contributed by atoms with van der Waals surface area (Å²) in [6.07, 6.45) is 10.7. The summed E-state index contributed by atoms with van der Waals surface area (Å²) in [5.41, 5.74) is -0.144. The zero-order chi connectivity index (χ0) is 11.4. The van der Waals surface area contributed by atoms with Crippen LogP contribution >= 0.6 is 0 Å². The van der Waals surface area contributed by atoms with E-state index in [0.29, 0.717) is 11.7 Å². The summed E-state index contributed by atoms with van der Waals surface area (Å²) in [5, 5.41) is 3.49. The van der Waals surface area contributed by atoms with Crippen LogP contribution in [-0.4, -0.2) is 17.9 Å². The number of hydrogen-bond donors (Lipinski definition) is 1. The van der Waals surface area contributed by atoms with E-state index < -0.39 is 0 Å². The average molecular weight is 223 g/mol. The Labute approximate surface area is 99.2 Å². The fourth-order valence-electron chi connectivity index (χ4n) is 3.42. The minimum atomic E-state index is -0.144. The minimum absolute atomic E-state index is 0.144. The van der Waals surface area contributed by atoms with Gasteiger partial charge in [-0.1, -0.05) is 32.6 Å². The Bertz CT molecular complexity index is 235. The van der Waals surface area contributed by atoms with Crippen molar-refractivity contribution in [2.24, 2.45) is 5.92 Å². The first kappa shape index (κ1) is 12.1. The summed E-state index contributed by atoms with van der Waals surface area (Å²) >= 11 is 0. The molecule has 1 heterocycles. The standard InChI is InChI=1S/C14H25NO/c1-2-14(10-7-11-15-14)13(16)12-8-5-3-4-6-9-12/h12,15H,2-11H2,1H3. The molecule has 92 valence electrons. The zero-order valence-corrected chi connectivity index (χ0v) is 10.6. The summed E-state index contributed by atoms with van der Waals surface area (Å²) in [7, 11) is 0. The normalized spacial score (nSPS) is 32.6. The third kappa shape index (κ3) is 2.32. The van der Waals surface area contributed by atoms with Gasteiger partial charge in [-0.25, -0.2) is 0 Å². The molecule has 1 atom stereocenters. The van der Waals surface area contributed by atoms with Crippen LogP contribution in [0.4, 0.5) is 0 Å². The fraction of sp³-hybridized carbons (Fsp3) is 0.929. The Hall–Kier alpha value is -0.370. The molecule has 1 N–H and O–H groups in total. The van der Waals surface area contributed by atoms with Crippen LogP contribution < -0.4 is 5.32 Å². The Morgan fingerprint density at radius 2 is 1.88 bits per heavy atom. The van der Waals surface area contributed by atoms with Gasteiger partial charge in [0.1, 0.15) is 0 Å². The maximum atomic E-state index is 12.6. The molecule has 16 heavy (non-hydrogen) atoms. The van der Waals surface area contributed by atoms with Gasteiger partial charge in [0.05, 0.1) is 5.54 Å². The molecule has 2 aliphatic rings. The lowest BCUT2D eigenvalue weighted by Crippen LogP contribution is -2.49. The van der Waals surface area contributed by atoms with Crippen LogP contribution in [0.3, 0.4) is 0 Å². The van der Waals surface area contributed by atoms with Gasteiger partial charge in [0, 0.05) is 5.92 Å². The van der Waals surface area contributed by atoms with E-state index in [1.165, 1.54) is 32.1 Å². The fourth-order valence-corrected chi connectivity index (χ4v) is 3.42. The van der Waals surface area contributed by atoms with E-state index in [0.717, 1.165) is 32.2 Å². The zero-order valence-electron chi connectivity index (χ0n) is 10.6. The van der Waals surface area contributed by atoms with Gasteiger partial charge in [-0.15, -0.1) is 0 Å². The van der Waals surface area contributed by atoms with Gasteiger partial charge in [0.25, 0.3) is 0 Å². The summed E-state index contributed by atoms with van der Waals surface area (Å²) < 4.78 is 0. The number of nitrogens with one attached hydrogen (secondary N) is 1. The number of Topliss-reactive ketones (excluding diaryl/α,β-unsaturated/α-hetero) is 1. The van der Waals surface area contributed by atoms with Crippen molar-refractivity contribution in [2.45, 2.75) is 70.3 Å². The van der Waals surface area contributed by atoms with Crippen LogP contribution in [0.1, 0.15) is 64.7 Å². The molecule has 0 bridgehead atoms. The Kier molecular flexibility index (Phi) is 4.01. The predicted molar refractivity (Wildman–Crippen MR) is 66.5 cm³/mol. The van der Waals surface area contributed by atoms with Gasteiger partial charge in [0.2, 0.25) is 0 Å². The lowest BCUT2D eigenvalue weighted by atomic mass is 9.79. The van der Waals surface area contributed by atoms with E-state index in [2.05, 4.69) is 12.2 Å². The average Bonchev–Trinajstić information content (AvgIpc) is 2.64. The molecule has 1 saturated carbocycles. The van der Waals surface area contributed by atoms with Crippen molar-refractivity contribution in [3.63, 3.8) is 0 Å². The van der Waals surface area contributed by atoms with Crippen LogP contribution in [-0.2, 0) is 4.79 Å². The number of hydrogen-bond acceptors (Lipinski definition) is 2. The number of rotatable bonds is 3. The molecule has 2 rings (SSSR count). The molecule has 0 aromatic rings. The minimum Gasteiger partial charge on any atom is -0.305 e.